The van der Waals surface area contributed by atoms with Crippen LogP contribution < -0.4 is 15.2 Å². The van der Waals surface area contributed by atoms with Crippen molar-refractivity contribution in [2.24, 2.45) is 5.14 Å². The van der Waals surface area contributed by atoms with Gasteiger partial charge in [-0.1, -0.05) is 23.7 Å². The molecule has 2 aromatic carbocycles. The predicted octanol–water partition coefficient (Wildman–Crippen LogP) is 3.41. The molecule has 3 aromatic rings. The molecule has 0 unspecified atom stereocenters. The van der Waals surface area contributed by atoms with Crippen molar-refractivity contribution in [2.45, 2.75) is 16.0 Å². The molecule has 8 nitrogen and oxygen atoms in total. The average molecular weight is 486 g/mol. The van der Waals surface area contributed by atoms with E-state index in [1.807, 2.05) is 0 Å². The van der Waals surface area contributed by atoms with E-state index in [-0.39, 0.29) is 20.4 Å². The van der Waals surface area contributed by atoms with E-state index in [0.717, 1.165) is 17.4 Å². The first-order valence-electron chi connectivity index (χ1n) is 8.27. The third-order valence-electron chi connectivity index (χ3n) is 3.93. The number of benzene rings is 2. The lowest BCUT2D eigenvalue weighted by Gasteiger charge is -2.13. The van der Waals surface area contributed by atoms with Gasteiger partial charge in [0.05, 0.1) is 16.1 Å². The molecule has 0 spiro atoms. The van der Waals surface area contributed by atoms with Crippen LogP contribution >= 0.6 is 22.9 Å². The molecule has 12 heteroatoms. The number of halogens is 1. The average Bonchev–Trinajstić information content (AvgIpc) is 3.13. The number of thiophene rings is 1. The monoisotopic (exact) mass is 485 g/mol. The minimum absolute atomic E-state index is 0.0316. The zero-order valence-electron chi connectivity index (χ0n) is 15.4. The molecule has 0 bridgehead atoms. The van der Waals surface area contributed by atoms with Gasteiger partial charge in [0.25, 0.3) is 15.9 Å². The number of carbonyl (C=O) groups excluding carboxylic acids is 1. The Balaban J connectivity index is 1.86. The number of aryl methyl sites for hydroxylation is 1. The molecule has 3 rings (SSSR count). The molecule has 0 radical (unpaired) electrons. The number of carbonyl (C=O) groups is 1. The normalized spacial score (nSPS) is 11.8. The van der Waals surface area contributed by atoms with E-state index in [2.05, 4.69) is 10.0 Å². The van der Waals surface area contributed by atoms with Crippen LogP contribution in [0.5, 0.6) is 0 Å². The Morgan fingerprint density at radius 2 is 1.77 bits per heavy atom. The lowest BCUT2D eigenvalue weighted by Crippen LogP contribution is -2.16. The van der Waals surface area contributed by atoms with Gasteiger partial charge in [0, 0.05) is 16.1 Å². The molecule has 30 heavy (non-hydrogen) atoms. The number of nitrogens with one attached hydrogen (secondary N) is 2. The van der Waals surface area contributed by atoms with E-state index in [9.17, 15) is 21.6 Å². The Labute approximate surface area is 182 Å². The maximum atomic E-state index is 12.8. The molecule has 1 aromatic heterocycles. The van der Waals surface area contributed by atoms with Gasteiger partial charge in [-0.3, -0.25) is 9.52 Å². The highest BCUT2D eigenvalue weighted by molar-refractivity contribution is 7.92. The molecule has 0 saturated carbocycles. The Hall–Kier alpha value is -2.44. The summed E-state index contributed by atoms with van der Waals surface area (Å²) in [5.74, 6) is -0.601. The topological polar surface area (TPSA) is 135 Å². The predicted molar refractivity (Wildman–Crippen MR) is 117 cm³/mol. The molecule has 0 aliphatic heterocycles. The molecule has 4 N–H and O–H groups in total. The Morgan fingerprint density at radius 1 is 1.03 bits per heavy atom. The highest BCUT2D eigenvalue weighted by atomic mass is 35.5. The standard InChI is InChI=1S/C18H16ClN3O5S3/c1-11-5-6-14(21-18(23)12-7-17(28-10-12)29(20,24)25)9-16(11)30(26,27)22-15-4-2-3-13(19)8-15/h2-10,22H,1H3,(H,21,23)(H2,20,24,25). The van der Waals surface area contributed by atoms with Crippen LogP contribution in [0.2, 0.25) is 5.02 Å². The van der Waals surface area contributed by atoms with Gasteiger partial charge in [0.15, 0.2) is 0 Å². The maximum Gasteiger partial charge on any atom is 0.262 e. The summed E-state index contributed by atoms with van der Waals surface area (Å²) in [6, 6.07) is 11.8. The largest absolute Gasteiger partial charge is 0.322 e. The lowest BCUT2D eigenvalue weighted by atomic mass is 10.2. The lowest BCUT2D eigenvalue weighted by molar-refractivity contribution is 0.102. The van der Waals surface area contributed by atoms with Crippen LogP contribution in [0.15, 0.2) is 63.0 Å². The van der Waals surface area contributed by atoms with Gasteiger partial charge in [-0.2, -0.15) is 0 Å². The van der Waals surface area contributed by atoms with Crippen molar-refractivity contribution in [1.29, 1.82) is 0 Å². The van der Waals surface area contributed by atoms with Gasteiger partial charge in [0.2, 0.25) is 10.0 Å². The van der Waals surface area contributed by atoms with E-state index in [1.54, 1.807) is 37.3 Å². The molecule has 0 atom stereocenters. The second-order valence-electron chi connectivity index (χ2n) is 6.25. The SMILES string of the molecule is Cc1ccc(NC(=O)c2csc(S(N)(=O)=O)c2)cc1S(=O)(=O)Nc1cccc(Cl)c1. The number of anilines is 2. The van der Waals surface area contributed by atoms with Crippen LogP contribution in [-0.4, -0.2) is 22.7 Å². The minimum atomic E-state index is -3.95. The van der Waals surface area contributed by atoms with Crippen LogP contribution in [0.3, 0.4) is 0 Å². The van der Waals surface area contributed by atoms with Crippen molar-refractivity contribution in [3.8, 4) is 0 Å². The van der Waals surface area contributed by atoms with Crippen LogP contribution in [0, 0.1) is 6.92 Å². The summed E-state index contributed by atoms with van der Waals surface area (Å²) in [7, 11) is -7.86. The van der Waals surface area contributed by atoms with Crippen molar-refractivity contribution >= 4 is 60.3 Å². The van der Waals surface area contributed by atoms with Gasteiger partial charge in [0.1, 0.15) is 4.21 Å². The fourth-order valence-corrected chi connectivity index (χ4v) is 5.61. The number of sulfonamides is 2. The van der Waals surface area contributed by atoms with Crippen molar-refractivity contribution in [3.05, 3.63) is 70.1 Å². The highest BCUT2D eigenvalue weighted by Gasteiger charge is 2.20. The zero-order chi connectivity index (χ0) is 22.1. The second-order valence-corrected chi connectivity index (χ2v) is 11.0. The summed E-state index contributed by atoms with van der Waals surface area (Å²) in [5.41, 5.74) is 1.08. The summed E-state index contributed by atoms with van der Waals surface area (Å²) >= 11 is 6.71. The van der Waals surface area contributed by atoms with Gasteiger partial charge >= 0.3 is 0 Å². The van der Waals surface area contributed by atoms with Crippen LogP contribution in [-0.2, 0) is 20.0 Å². The van der Waals surface area contributed by atoms with Gasteiger partial charge < -0.3 is 5.32 Å². The zero-order valence-corrected chi connectivity index (χ0v) is 18.6. The van der Waals surface area contributed by atoms with E-state index in [4.69, 9.17) is 16.7 Å². The molecule has 1 heterocycles. The molecular formula is C18H16ClN3O5S3. The molecular weight excluding hydrogens is 470 g/mol. The second kappa shape index (κ2) is 8.36. The van der Waals surface area contributed by atoms with Gasteiger partial charge in [-0.05, 0) is 48.9 Å². The first kappa shape index (κ1) is 22.2. The number of nitrogens with two attached hydrogens (primary N) is 1. The molecule has 0 aliphatic rings. The summed E-state index contributed by atoms with van der Waals surface area (Å²) in [6.07, 6.45) is 0. The summed E-state index contributed by atoms with van der Waals surface area (Å²) < 4.78 is 50.6. The van der Waals surface area contributed by atoms with Crippen molar-refractivity contribution in [1.82, 2.24) is 0 Å². The fraction of sp³-hybridized carbons (Fsp3) is 0.0556. The molecule has 1 amide bonds. The molecule has 0 fully saturated rings. The van der Waals surface area contributed by atoms with Crippen LogP contribution in [0.1, 0.15) is 15.9 Å². The van der Waals surface area contributed by atoms with E-state index < -0.39 is 26.0 Å². The van der Waals surface area contributed by atoms with Gasteiger partial charge in [-0.25, -0.2) is 22.0 Å². The van der Waals surface area contributed by atoms with Crippen LogP contribution in [0.25, 0.3) is 0 Å². The third-order valence-corrected chi connectivity index (χ3v) is 8.07. The highest BCUT2D eigenvalue weighted by Crippen LogP contribution is 2.25. The number of hydrogen-bond donors (Lipinski definition) is 3. The van der Waals surface area contributed by atoms with E-state index >= 15 is 0 Å². The number of primary sulfonamides is 1. The van der Waals surface area contributed by atoms with E-state index in [1.165, 1.54) is 17.5 Å². The first-order chi connectivity index (χ1) is 14.0. The van der Waals surface area contributed by atoms with Crippen LogP contribution in [0.4, 0.5) is 11.4 Å². The van der Waals surface area contributed by atoms with E-state index in [0.29, 0.717) is 16.3 Å². The summed E-state index contributed by atoms with van der Waals surface area (Å²) in [4.78, 5) is 12.4. The smallest absolute Gasteiger partial charge is 0.262 e. The van der Waals surface area contributed by atoms with Crippen molar-refractivity contribution < 1.29 is 21.6 Å². The number of rotatable bonds is 6. The fourth-order valence-electron chi connectivity index (χ4n) is 2.52. The third kappa shape index (κ3) is 5.18. The van der Waals surface area contributed by atoms with Crippen molar-refractivity contribution in [2.75, 3.05) is 10.0 Å². The van der Waals surface area contributed by atoms with Gasteiger partial charge in [-0.15, -0.1) is 11.3 Å². The Kier molecular flexibility index (Phi) is 6.20. The summed E-state index contributed by atoms with van der Waals surface area (Å²) in [6.45, 7) is 1.62. The number of hydrogen-bond acceptors (Lipinski definition) is 6. The van der Waals surface area contributed by atoms with Crippen molar-refractivity contribution in [3.63, 3.8) is 0 Å². The Bertz CT molecular complexity index is 1330. The number of amides is 1. The first-order valence-corrected chi connectivity index (χ1v) is 12.6. The summed E-state index contributed by atoms with van der Waals surface area (Å²) in [5, 5.41) is 9.33. The molecule has 0 saturated heterocycles. The quantitative estimate of drug-likeness (QED) is 0.491. The molecule has 0 aliphatic carbocycles. The Morgan fingerprint density at radius 3 is 2.40 bits per heavy atom. The minimum Gasteiger partial charge on any atom is -0.322 e. The maximum absolute atomic E-state index is 12.8. The molecule has 158 valence electrons.